The molecule has 1 amide bonds. The Kier molecular flexibility index (Phi) is 6.84. The molecule has 0 radical (unpaired) electrons. The monoisotopic (exact) mass is 386 g/mol. The molecule has 0 heterocycles. The van der Waals surface area contributed by atoms with Crippen LogP contribution in [-0.2, 0) is 9.59 Å². The van der Waals surface area contributed by atoms with Crippen molar-refractivity contribution in [1.29, 1.82) is 0 Å². The average Bonchev–Trinajstić information content (AvgIpc) is 2.65. The summed E-state index contributed by atoms with van der Waals surface area (Å²) in [6.45, 7) is 0. The van der Waals surface area contributed by atoms with E-state index in [1.165, 1.54) is 36.0 Å². The maximum atomic E-state index is 12.2. The summed E-state index contributed by atoms with van der Waals surface area (Å²) in [6.07, 6.45) is 1.62. The van der Waals surface area contributed by atoms with Gasteiger partial charge in [0.25, 0.3) is 5.69 Å². The van der Waals surface area contributed by atoms with E-state index in [1.807, 2.05) is 0 Å². The summed E-state index contributed by atoms with van der Waals surface area (Å²) in [5.74, 6) is -2.01. The third kappa shape index (κ3) is 6.40. The molecule has 2 rings (SSSR count). The van der Waals surface area contributed by atoms with Gasteiger partial charge in [-0.05, 0) is 18.2 Å². The molecule has 0 bridgehead atoms. The highest BCUT2D eigenvalue weighted by atomic mass is 32.2. The molecule has 0 aliphatic heterocycles. The molecular weight excluding hydrogens is 372 g/mol. The van der Waals surface area contributed by atoms with Gasteiger partial charge in [0, 0.05) is 40.4 Å². The van der Waals surface area contributed by atoms with Crippen molar-refractivity contribution in [1.82, 2.24) is 0 Å². The lowest BCUT2D eigenvalue weighted by molar-refractivity contribution is -0.384. The number of anilines is 1. The van der Waals surface area contributed by atoms with Gasteiger partial charge in [0.1, 0.15) is 0 Å². The van der Waals surface area contributed by atoms with Crippen LogP contribution in [0.4, 0.5) is 11.4 Å². The summed E-state index contributed by atoms with van der Waals surface area (Å²) >= 11 is 1.21. The normalized spacial score (nSPS) is 10.5. The molecule has 0 fully saturated rings. The fourth-order valence-electron chi connectivity index (χ4n) is 2.02. The summed E-state index contributed by atoms with van der Waals surface area (Å²) in [6, 6.07) is 12.2. The number of nitrogens with zero attached hydrogens (tertiary/aromatic N) is 1. The molecule has 0 aromatic heterocycles. The molecule has 2 aromatic rings. The first-order valence-corrected chi connectivity index (χ1v) is 8.56. The van der Waals surface area contributed by atoms with E-state index in [2.05, 4.69) is 5.32 Å². The molecule has 9 heteroatoms. The summed E-state index contributed by atoms with van der Waals surface area (Å²) < 4.78 is 0. The lowest BCUT2D eigenvalue weighted by atomic mass is 10.1. The molecule has 0 saturated heterocycles. The molecule has 0 unspecified atom stereocenters. The highest BCUT2D eigenvalue weighted by molar-refractivity contribution is 8.00. The van der Waals surface area contributed by atoms with Gasteiger partial charge in [-0.25, -0.2) is 4.79 Å². The second-order valence-electron chi connectivity index (χ2n) is 5.21. The van der Waals surface area contributed by atoms with E-state index in [0.717, 1.165) is 12.2 Å². The van der Waals surface area contributed by atoms with Crippen molar-refractivity contribution in [2.24, 2.45) is 0 Å². The number of hydrogen-bond acceptors (Lipinski definition) is 6. The Balaban J connectivity index is 1.99. The van der Waals surface area contributed by atoms with Crippen molar-refractivity contribution in [2.75, 3.05) is 11.1 Å². The van der Waals surface area contributed by atoms with Crippen LogP contribution in [0.15, 0.2) is 65.6 Å². The predicted molar refractivity (Wildman–Crippen MR) is 100.0 cm³/mol. The summed E-state index contributed by atoms with van der Waals surface area (Å²) in [7, 11) is 0. The fourth-order valence-corrected chi connectivity index (χ4v) is 2.87. The zero-order valence-corrected chi connectivity index (χ0v) is 14.6. The quantitative estimate of drug-likeness (QED) is 0.235. The molecule has 0 aliphatic carbocycles. The van der Waals surface area contributed by atoms with E-state index < -0.39 is 16.8 Å². The second kappa shape index (κ2) is 9.30. The molecule has 27 heavy (non-hydrogen) atoms. The molecule has 0 aliphatic rings. The maximum absolute atomic E-state index is 12.2. The molecule has 0 spiro atoms. The second-order valence-corrected chi connectivity index (χ2v) is 6.26. The van der Waals surface area contributed by atoms with Crippen LogP contribution in [0.1, 0.15) is 10.4 Å². The number of carbonyl (C=O) groups excluding carboxylic acids is 2. The largest absolute Gasteiger partial charge is 0.478 e. The smallest absolute Gasteiger partial charge is 0.328 e. The van der Waals surface area contributed by atoms with E-state index in [0.29, 0.717) is 10.6 Å². The first-order valence-electron chi connectivity index (χ1n) is 7.57. The Morgan fingerprint density at radius 3 is 2.56 bits per heavy atom. The zero-order valence-electron chi connectivity index (χ0n) is 13.8. The van der Waals surface area contributed by atoms with Gasteiger partial charge in [-0.2, -0.15) is 0 Å². The van der Waals surface area contributed by atoms with Crippen molar-refractivity contribution in [2.45, 2.75) is 4.90 Å². The number of nitro benzene ring substituents is 1. The van der Waals surface area contributed by atoms with Gasteiger partial charge in [-0.3, -0.25) is 19.7 Å². The Morgan fingerprint density at radius 1 is 1.11 bits per heavy atom. The SMILES string of the molecule is O=C(O)/C=C/C(=O)Nc1cccc(SCC(=O)c2cccc([N+](=O)[O-])c2)c1. The van der Waals surface area contributed by atoms with Crippen LogP contribution in [0.5, 0.6) is 0 Å². The minimum atomic E-state index is -1.23. The summed E-state index contributed by atoms with van der Waals surface area (Å²) in [5.41, 5.74) is 0.549. The standard InChI is InChI=1S/C18H14N2O6S/c21-16(12-3-1-5-14(9-12)20(25)26)11-27-15-6-2-4-13(10-15)19-17(22)7-8-18(23)24/h1-10H,11H2,(H,19,22)(H,23,24)/b8-7+. The number of nitrogens with one attached hydrogen (secondary N) is 1. The number of carbonyl (C=O) groups is 3. The maximum Gasteiger partial charge on any atom is 0.328 e. The lowest BCUT2D eigenvalue weighted by Gasteiger charge is -2.06. The molecular formula is C18H14N2O6S. The number of benzene rings is 2. The molecule has 2 N–H and O–H groups in total. The van der Waals surface area contributed by atoms with Crippen molar-refractivity contribution in [3.8, 4) is 0 Å². The highest BCUT2D eigenvalue weighted by Crippen LogP contribution is 2.23. The Bertz CT molecular complexity index is 926. The predicted octanol–water partition coefficient (Wildman–Crippen LogP) is 3.15. The first-order chi connectivity index (χ1) is 12.8. The van der Waals surface area contributed by atoms with E-state index in [-0.39, 0.29) is 22.8 Å². The van der Waals surface area contributed by atoms with E-state index >= 15 is 0 Å². The number of carboxylic acids is 1. The number of Topliss-reactive ketones (excluding diaryl/α,β-unsaturated/α-hetero) is 1. The number of hydrogen-bond donors (Lipinski definition) is 2. The Labute approximate surface area is 158 Å². The summed E-state index contributed by atoms with van der Waals surface area (Å²) in [4.78, 5) is 45.1. The molecule has 0 atom stereocenters. The molecule has 138 valence electrons. The number of nitro groups is 1. The minimum absolute atomic E-state index is 0.0669. The fraction of sp³-hybridized carbons (Fsp3) is 0.0556. The number of aliphatic carboxylic acids is 1. The number of carboxylic acid groups (broad SMARTS) is 1. The van der Waals surface area contributed by atoms with Crippen LogP contribution >= 0.6 is 11.8 Å². The number of rotatable bonds is 8. The summed E-state index contributed by atoms with van der Waals surface area (Å²) in [5, 5.41) is 21.8. The van der Waals surface area contributed by atoms with Gasteiger partial charge in [0.2, 0.25) is 5.91 Å². The van der Waals surface area contributed by atoms with Crippen LogP contribution in [0.3, 0.4) is 0 Å². The van der Waals surface area contributed by atoms with Crippen LogP contribution < -0.4 is 5.32 Å². The number of amides is 1. The van der Waals surface area contributed by atoms with Crippen molar-refractivity contribution >= 4 is 40.8 Å². The molecule has 8 nitrogen and oxygen atoms in total. The van der Waals surface area contributed by atoms with Crippen LogP contribution in [0, 0.1) is 10.1 Å². The highest BCUT2D eigenvalue weighted by Gasteiger charge is 2.12. The average molecular weight is 386 g/mol. The first kappa shape index (κ1) is 19.9. The number of non-ortho nitro benzene ring substituents is 1. The van der Waals surface area contributed by atoms with Gasteiger partial charge in [0.05, 0.1) is 10.7 Å². The molecule has 0 saturated carbocycles. The third-order valence-corrected chi connectivity index (χ3v) is 4.22. The van der Waals surface area contributed by atoms with Crippen LogP contribution in [0.25, 0.3) is 0 Å². The van der Waals surface area contributed by atoms with E-state index in [1.54, 1.807) is 24.3 Å². The zero-order chi connectivity index (χ0) is 19.8. The van der Waals surface area contributed by atoms with Gasteiger partial charge in [0.15, 0.2) is 5.78 Å². The Hall–Kier alpha value is -3.46. The van der Waals surface area contributed by atoms with E-state index in [4.69, 9.17) is 5.11 Å². The lowest BCUT2D eigenvalue weighted by Crippen LogP contribution is -2.08. The molecule has 2 aromatic carbocycles. The van der Waals surface area contributed by atoms with Crippen molar-refractivity contribution < 1.29 is 24.4 Å². The minimum Gasteiger partial charge on any atom is -0.478 e. The van der Waals surface area contributed by atoms with Gasteiger partial charge in [-0.1, -0.05) is 18.2 Å². The van der Waals surface area contributed by atoms with Gasteiger partial charge >= 0.3 is 5.97 Å². The van der Waals surface area contributed by atoms with Crippen molar-refractivity contribution in [3.63, 3.8) is 0 Å². The van der Waals surface area contributed by atoms with Gasteiger partial charge < -0.3 is 10.4 Å². The Morgan fingerprint density at radius 2 is 1.85 bits per heavy atom. The third-order valence-electron chi connectivity index (χ3n) is 3.23. The van der Waals surface area contributed by atoms with Crippen LogP contribution in [-0.4, -0.2) is 33.4 Å². The number of ketones is 1. The topological polar surface area (TPSA) is 127 Å². The van der Waals surface area contributed by atoms with Crippen LogP contribution in [0.2, 0.25) is 0 Å². The van der Waals surface area contributed by atoms with Gasteiger partial charge in [-0.15, -0.1) is 11.8 Å². The van der Waals surface area contributed by atoms with Crippen molar-refractivity contribution in [3.05, 3.63) is 76.4 Å². The van der Waals surface area contributed by atoms with E-state index in [9.17, 15) is 24.5 Å². The number of thioether (sulfide) groups is 1.